The van der Waals surface area contributed by atoms with Gasteiger partial charge >= 0.3 is 0 Å². The number of aromatic nitrogens is 3. The van der Waals surface area contributed by atoms with Crippen molar-refractivity contribution in [1.82, 2.24) is 15.2 Å². The standard InChI is InChI=1S/C15H24N4/c16-14-17-13(18-19-14)2-1-3-15-7-10-4-11(8-15)6-12(5-10)9-15/h10-12H,1-9H2,(H3,16,17,18,19). The van der Waals surface area contributed by atoms with E-state index in [4.69, 9.17) is 5.73 Å². The molecule has 4 fully saturated rings. The number of nitrogens with zero attached hydrogens (tertiary/aromatic N) is 2. The summed E-state index contributed by atoms with van der Waals surface area (Å²) in [5.41, 5.74) is 6.24. The Kier molecular flexibility index (Phi) is 2.61. The van der Waals surface area contributed by atoms with Crippen LogP contribution in [-0.2, 0) is 6.42 Å². The molecule has 4 aliphatic carbocycles. The zero-order valence-electron chi connectivity index (χ0n) is 11.6. The molecule has 0 saturated heterocycles. The van der Waals surface area contributed by atoms with E-state index in [0.717, 1.165) is 30.0 Å². The average molecular weight is 260 g/mol. The smallest absolute Gasteiger partial charge is 0.239 e. The van der Waals surface area contributed by atoms with Gasteiger partial charge in [-0.3, -0.25) is 5.10 Å². The predicted octanol–water partition coefficient (Wildman–Crippen LogP) is 2.93. The molecule has 4 heteroatoms. The number of anilines is 1. The molecule has 4 aliphatic rings. The Hall–Kier alpha value is -1.06. The molecule has 4 nitrogen and oxygen atoms in total. The van der Waals surface area contributed by atoms with Gasteiger partial charge in [0.15, 0.2) is 0 Å². The highest BCUT2D eigenvalue weighted by Crippen LogP contribution is 2.61. The Morgan fingerprint density at radius 1 is 1.11 bits per heavy atom. The number of aryl methyl sites for hydroxylation is 1. The highest BCUT2D eigenvalue weighted by molar-refractivity contribution is 5.12. The zero-order valence-corrected chi connectivity index (χ0v) is 11.6. The van der Waals surface area contributed by atoms with Gasteiger partial charge in [-0.25, -0.2) is 0 Å². The summed E-state index contributed by atoms with van der Waals surface area (Å²) in [5.74, 6) is 4.53. The van der Waals surface area contributed by atoms with Crippen LogP contribution in [0.3, 0.4) is 0 Å². The summed E-state index contributed by atoms with van der Waals surface area (Å²) in [6.45, 7) is 0. The van der Waals surface area contributed by atoms with E-state index < -0.39 is 0 Å². The molecule has 5 rings (SSSR count). The Morgan fingerprint density at radius 3 is 2.26 bits per heavy atom. The van der Waals surface area contributed by atoms with Gasteiger partial charge < -0.3 is 5.73 Å². The summed E-state index contributed by atoms with van der Waals surface area (Å²) in [5, 5.41) is 6.83. The van der Waals surface area contributed by atoms with Crippen LogP contribution in [0.2, 0.25) is 0 Å². The summed E-state index contributed by atoms with van der Waals surface area (Å²) in [6.07, 6.45) is 12.8. The van der Waals surface area contributed by atoms with Gasteiger partial charge in [0, 0.05) is 6.42 Å². The van der Waals surface area contributed by atoms with Crippen molar-refractivity contribution < 1.29 is 0 Å². The lowest BCUT2D eigenvalue weighted by molar-refractivity contribution is -0.0580. The number of hydrogen-bond donors (Lipinski definition) is 2. The first-order valence-corrected chi connectivity index (χ1v) is 7.88. The molecule has 0 aromatic carbocycles. The Morgan fingerprint density at radius 2 is 1.74 bits per heavy atom. The van der Waals surface area contributed by atoms with E-state index in [0.29, 0.717) is 11.4 Å². The minimum Gasteiger partial charge on any atom is -0.367 e. The third kappa shape index (κ3) is 2.15. The second-order valence-corrected chi connectivity index (χ2v) is 7.41. The first kappa shape index (κ1) is 11.7. The summed E-state index contributed by atoms with van der Waals surface area (Å²) >= 11 is 0. The summed E-state index contributed by atoms with van der Waals surface area (Å²) in [4.78, 5) is 4.21. The fourth-order valence-corrected chi connectivity index (χ4v) is 5.65. The number of rotatable bonds is 4. The maximum absolute atomic E-state index is 5.54. The first-order valence-electron chi connectivity index (χ1n) is 7.88. The van der Waals surface area contributed by atoms with Gasteiger partial charge in [0.25, 0.3) is 0 Å². The summed E-state index contributed by atoms with van der Waals surface area (Å²) < 4.78 is 0. The fourth-order valence-electron chi connectivity index (χ4n) is 5.65. The molecule has 3 N–H and O–H groups in total. The lowest BCUT2D eigenvalue weighted by atomic mass is 9.48. The van der Waals surface area contributed by atoms with Crippen LogP contribution in [0.1, 0.15) is 57.2 Å². The molecule has 0 aliphatic heterocycles. The van der Waals surface area contributed by atoms with Crippen LogP contribution in [0.15, 0.2) is 0 Å². The lowest BCUT2D eigenvalue weighted by Gasteiger charge is -2.57. The zero-order chi connectivity index (χ0) is 12.9. The first-order chi connectivity index (χ1) is 9.21. The van der Waals surface area contributed by atoms with Crippen LogP contribution in [-0.4, -0.2) is 15.2 Å². The number of hydrogen-bond acceptors (Lipinski definition) is 3. The number of nitrogen functional groups attached to an aromatic ring is 1. The van der Waals surface area contributed by atoms with E-state index in [9.17, 15) is 0 Å². The van der Waals surface area contributed by atoms with Crippen LogP contribution in [0.5, 0.6) is 0 Å². The van der Waals surface area contributed by atoms with Crippen molar-refractivity contribution in [2.24, 2.45) is 23.2 Å². The number of nitrogens with two attached hydrogens (primary N) is 1. The summed E-state index contributed by atoms with van der Waals surface area (Å²) in [7, 11) is 0. The van der Waals surface area contributed by atoms with E-state index in [1.165, 1.54) is 51.4 Å². The van der Waals surface area contributed by atoms with Gasteiger partial charge in [-0.05, 0) is 74.5 Å². The molecule has 0 unspecified atom stereocenters. The second kappa shape index (κ2) is 4.22. The van der Waals surface area contributed by atoms with Gasteiger partial charge in [-0.2, -0.15) is 4.98 Å². The fraction of sp³-hybridized carbons (Fsp3) is 0.867. The maximum atomic E-state index is 5.54. The molecule has 1 aromatic heterocycles. The number of nitrogens with one attached hydrogen (secondary N) is 1. The minimum absolute atomic E-state index is 0.379. The maximum Gasteiger partial charge on any atom is 0.239 e. The van der Waals surface area contributed by atoms with Crippen molar-refractivity contribution in [2.75, 3.05) is 5.73 Å². The number of aromatic amines is 1. The topological polar surface area (TPSA) is 67.6 Å². The lowest BCUT2D eigenvalue weighted by Crippen LogP contribution is -2.45. The van der Waals surface area contributed by atoms with Crippen molar-refractivity contribution >= 4 is 5.95 Å². The predicted molar refractivity (Wildman–Crippen MR) is 74.3 cm³/mol. The van der Waals surface area contributed by atoms with Crippen LogP contribution in [0.4, 0.5) is 5.95 Å². The quantitative estimate of drug-likeness (QED) is 0.874. The monoisotopic (exact) mass is 260 g/mol. The molecular weight excluding hydrogens is 236 g/mol. The van der Waals surface area contributed by atoms with Gasteiger partial charge in [0.1, 0.15) is 5.82 Å². The van der Waals surface area contributed by atoms with Crippen molar-refractivity contribution in [2.45, 2.75) is 57.8 Å². The number of H-pyrrole nitrogens is 1. The second-order valence-electron chi connectivity index (χ2n) is 7.41. The van der Waals surface area contributed by atoms with Gasteiger partial charge in [-0.15, -0.1) is 5.10 Å². The third-order valence-electron chi connectivity index (χ3n) is 5.83. The van der Waals surface area contributed by atoms with Crippen molar-refractivity contribution in [3.05, 3.63) is 5.82 Å². The molecule has 0 atom stereocenters. The SMILES string of the molecule is Nc1n[nH]c(CCCC23CC4CC(CC(C4)C2)C3)n1. The largest absolute Gasteiger partial charge is 0.367 e. The van der Waals surface area contributed by atoms with Crippen LogP contribution in [0, 0.1) is 23.2 Å². The highest BCUT2D eigenvalue weighted by Gasteiger charge is 2.50. The van der Waals surface area contributed by atoms with Crippen molar-refractivity contribution in [1.29, 1.82) is 0 Å². The molecule has 0 radical (unpaired) electrons. The van der Waals surface area contributed by atoms with Crippen LogP contribution >= 0.6 is 0 Å². The molecule has 19 heavy (non-hydrogen) atoms. The van der Waals surface area contributed by atoms with Gasteiger partial charge in [0.05, 0.1) is 0 Å². The molecule has 104 valence electrons. The molecular formula is C15H24N4. The summed E-state index contributed by atoms with van der Waals surface area (Å²) in [6, 6.07) is 0. The van der Waals surface area contributed by atoms with E-state index in [1.807, 2.05) is 0 Å². The Bertz CT molecular complexity index is 429. The Balaban J connectivity index is 1.37. The molecule has 4 bridgehead atoms. The van der Waals surface area contributed by atoms with Gasteiger partial charge in [-0.1, -0.05) is 0 Å². The molecule has 4 saturated carbocycles. The molecule has 0 amide bonds. The molecule has 1 aromatic rings. The Labute approximate surface area is 114 Å². The van der Waals surface area contributed by atoms with Crippen LogP contribution in [0.25, 0.3) is 0 Å². The van der Waals surface area contributed by atoms with E-state index >= 15 is 0 Å². The third-order valence-corrected chi connectivity index (χ3v) is 5.83. The van der Waals surface area contributed by atoms with Crippen molar-refractivity contribution in [3.63, 3.8) is 0 Å². The molecule has 0 spiro atoms. The normalized spacial score (nSPS) is 39.9. The van der Waals surface area contributed by atoms with E-state index in [2.05, 4.69) is 15.2 Å². The van der Waals surface area contributed by atoms with E-state index in [-0.39, 0.29) is 0 Å². The van der Waals surface area contributed by atoms with Crippen molar-refractivity contribution in [3.8, 4) is 0 Å². The molecule has 1 heterocycles. The van der Waals surface area contributed by atoms with E-state index in [1.54, 1.807) is 0 Å². The van der Waals surface area contributed by atoms with Crippen LogP contribution < -0.4 is 5.73 Å². The average Bonchev–Trinajstić information content (AvgIpc) is 2.73. The minimum atomic E-state index is 0.379. The van der Waals surface area contributed by atoms with Gasteiger partial charge in [0.2, 0.25) is 5.95 Å². The highest BCUT2D eigenvalue weighted by atomic mass is 15.3.